The van der Waals surface area contributed by atoms with Gasteiger partial charge in [0.2, 0.25) is 0 Å². The predicted octanol–water partition coefficient (Wildman–Crippen LogP) is 3.19. The number of benzene rings is 1. The summed E-state index contributed by atoms with van der Waals surface area (Å²) < 4.78 is 13.5. The number of hydrogen-bond acceptors (Lipinski definition) is 1. The number of rotatable bonds is 3. The molecule has 0 aliphatic carbocycles. The van der Waals surface area contributed by atoms with Crippen LogP contribution in [0.15, 0.2) is 28.7 Å². The molecule has 1 nitrogen and oxygen atoms in total. The van der Waals surface area contributed by atoms with Crippen molar-refractivity contribution in [1.82, 2.24) is 0 Å². The van der Waals surface area contributed by atoms with Gasteiger partial charge in [-0.2, -0.15) is 0 Å². The minimum Gasteiger partial charge on any atom is -0.303 e. The molecule has 0 radical (unpaired) electrons. The number of carbonyl (C=O) groups excluding carboxylic acids is 1. The van der Waals surface area contributed by atoms with Crippen molar-refractivity contribution in [2.75, 3.05) is 0 Å². The molecule has 13 heavy (non-hydrogen) atoms. The maximum absolute atomic E-state index is 12.8. The van der Waals surface area contributed by atoms with Gasteiger partial charge in [0.05, 0.1) is 0 Å². The molecule has 1 aromatic rings. The van der Waals surface area contributed by atoms with E-state index in [1.807, 2.05) is 0 Å². The first kappa shape index (κ1) is 10.1. The highest BCUT2D eigenvalue weighted by atomic mass is 79.9. The first-order valence-corrected chi connectivity index (χ1v) is 4.58. The molecule has 0 amide bonds. The summed E-state index contributed by atoms with van der Waals surface area (Å²) in [5.74, 6) is -0.292. The second kappa shape index (κ2) is 4.92. The van der Waals surface area contributed by atoms with Crippen molar-refractivity contribution in [3.8, 4) is 0 Å². The molecule has 1 aromatic carbocycles. The van der Waals surface area contributed by atoms with E-state index in [-0.39, 0.29) is 5.82 Å². The molecule has 0 fully saturated rings. The first-order chi connectivity index (χ1) is 6.22. The van der Waals surface area contributed by atoms with Gasteiger partial charge in [0.1, 0.15) is 12.1 Å². The maximum Gasteiger partial charge on any atom is 0.124 e. The van der Waals surface area contributed by atoms with E-state index < -0.39 is 0 Å². The van der Waals surface area contributed by atoms with Gasteiger partial charge in [-0.3, -0.25) is 0 Å². The van der Waals surface area contributed by atoms with Crippen LogP contribution < -0.4 is 0 Å². The topological polar surface area (TPSA) is 17.1 Å². The third-order valence-corrected chi connectivity index (χ3v) is 1.89. The number of aldehydes is 1. The molecular formula is C10H8BrFO. The van der Waals surface area contributed by atoms with Crippen LogP contribution in [-0.4, -0.2) is 6.29 Å². The van der Waals surface area contributed by atoms with E-state index in [0.717, 1.165) is 11.8 Å². The Morgan fingerprint density at radius 1 is 1.38 bits per heavy atom. The summed E-state index contributed by atoms with van der Waals surface area (Å²) in [6, 6.07) is 4.58. The van der Waals surface area contributed by atoms with Crippen molar-refractivity contribution in [3.05, 3.63) is 40.1 Å². The van der Waals surface area contributed by atoms with E-state index in [0.29, 0.717) is 10.9 Å². The zero-order valence-corrected chi connectivity index (χ0v) is 8.42. The predicted molar refractivity (Wildman–Crippen MR) is 53.8 cm³/mol. The molecule has 3 heteroatoms. The molecule has 0 N–H and O–H groups in total. The van der Waals surface area contributed by atoms with Crippen molar-refractivity contribution in [1.29, 1.82) is 0 Å². The Kier molecular flexibility index (Phi) is 3.83. The number of carbonyl (C=O) groups is 1. The highest BCUT2D eigenvalue weighted by Crippen LogP contribution is 2.15. The van der Waals surface area contributed by atoms with Gasteiger partial charge in [-0.25, -0.2) is 4.39 Å². The summed E-state index contributed by atoms with van der Waals surface area (Å²) in [7, 11) is 0. The highest BCUT2D eigenvalue weighted by Gasteiger charge is 1.94. The zero-order chi connectivity index (χ0) is 9.68. The molecular weight excluding hydrogens is 235 g/mol. The Morgan fingerprint density at radius 3 is 2.77 bits per heavy atom. The fourth-order valence-corrected chi connectivity index (χ4v) is 1.41. The van der Waals surface area contributed by atoms with Crippen molar-refractivity contribution in [2.24, 2.45) is 0 Å². The first-order valence-electron chi connectivity index (χ1n) is 3.78. The SMILES string of the molecule is O=CCC=Cc1cc(F)cc(Br)c1. The monoisotopic (exact) mass is 242 g/mol. The maximum atomic E-state index is 12.8. The summed E-state index contributed by atoms with van der Waals surface area (Å²) in [6.45, 7) is 0. The molecule has 0 saturated heterocycles. The van der Waals surface area contributed by atoms with Crippen LogP contribution in [-0.2, 0) is 4.79 Å². The van der Waals surface area contributed by atoms with Crippen LogP contribution in [0.4, 0.5) is 4.39 Å². The fourth-order valence-electron chi connectivity index (χ4n) is 0.931. The summed E-state index contributed by atoms with van der Waals surface area (Å²) in [5, 5.41) is 0. The number of halogens is 2. The summed E-state index contributed by atoms with van der Waals surface area (Å²) in [4.78, 5) is 9.99. The molecule has 0 aliphatic rings. The van der Waals surface area contributed by atoms with Crippen LogP contribution >= 0.6 is 15.9 Å². The van der Waals surface area contributed by atoms with Gasteiger partial charge in [-0.1, -0.05) is 28.1 Å². The molecule has 0 unspecified atom stereocenters. The molecule has 0 aliphatic heterocycles. The van der Waals surface area contributed by atoms with E-state index in [1.54, 1.807) is 18.2 Å². The van der Waals surface area contributed by atoms with Gasteiger partial charge >= 0.3 is 0 Å². The van der Waals surface area contributed by atoms with Crippen molar-refractivity contribution < 1.29 is 9.18 Å². The summed E-state index contributed by atoms with van der Waals surface area (Å²) >= 11 is 3.18. The summed E-state index contributed by atoms with van der Waals surface area (Å²) in [5.41, 5.74) is 0.744. The van der Waals surface area contributed by atoms with E-state index in [1.165, 1.54) is 12.1 Å². The largest absolute Gasteiger partial charge is 0.303 e. The lowest BCUT2D eigenvalue weighted by atomic mass is 10.2. The molecule has 0 aromatic heterocycles. The Hall–Kier alpha value is -0.960. The van der Waals surface area contributed by atoms with Gasteiger partial charge in [-0.15, -0.1) is 0 Å². The van der Waals surface area contributed by atoms with Crippen LogP contribution in [0.3, 0.4) is 0 Å². The smallest absolute Gasteiger partial charge is 0.124 e. The van der Waals surface area contributed by atoms with Gasteiger partial charge < -0.3 is 4.79 Å². The lowest BCUT2D eigenvalue weighted by Crippen LogP contribution is -1.78. The van der Waals surface area contributed by atoms with Crippen molar-refractivity contribution >= 4 is 28.3 Å². The van der Waals surface area contributed by atoms with Crippen molar-refractivity contribution in [3.63, 3.8) is 0 Å². The molecule has 1 rings (SSSR count). The second-order valence-corrected chi connectivity index (χ2v) is 3.42. The average molecular weight is 243 g/mol. The fraction of sp³-hybridized carbons (Fsp3) is 0.100. The molecule has 0 atom stereocenters. The molecule has 0 heterocycles. The highest BCUT2D eigenvalue weighted by molar-refractivity contribution is 9.10. The molecule has 68 valence electrons. The van der Waals surface area contributed by atoms with Crippen LogP contribution in [0.25, 0.3) is 6.08 Å². The van der Waals surface area contributed by atoms with Gasteiger partial charge in [0.15, 0.2) is 0 Å². The average Bonchev–Trinajstić information content (AvgIpc) is 2.03. The Morgan fingerprint density at radius 2 is 2.15 bits per heavy atom. The van der Waals surface area contributed by atoms with Crippen LogP contribution in [0, 0.1) is 5.82 Å². The Balaban J connectivity index is 2.82. The Labute approximate surface area is 84.4 Å². The molecule has 0 spiro atoms. The van der Waals surface area contributed by atoms with E-state index in [9.17, 15) is 9.18 Å². The third-order valence-electron chi connectivity index (χ3n) is 1.43. The van der Waals surface area contributed by atoms with E-state index in [2.05, 4.69) is 15.9 Å². The minimum absolute atomic E-state index is 0.292. The zero-order valence-electron chi connectivity index (χ0n) is 6.84. The normalized spacial score (nSPS) is 10.6. The van der Waals surface area contributed by atoms with Crippen LogP contribution in [0.1, 0.15) is 12.0 Å². The van der Waals surface area contributed by atoms with E-state index in [4.69, 9.17) is 0 Å². The lowest BCUT2D eigenvalue weighted by molar-refractivity contribution is -0.107. The lowest BCUT2D eigenvalue weighted by Gasteiger charge is -1.95. The quantitative estimate of drug-likeness (QED) is 0.745. The molecule has 0 bridgehead atoms. The molecule has 0 saturated carbocycles. The van der Waals surface area contributed by atoms with Gasteiger partial charge in [-0.05, 0) is 23.8 Å². The third kappa shape index (κ3) is 3.51. The second-order valence-electron chi connectivity index (χ2n) is 2.51. The van der Waals surface area contributed by atoms with Crippen LogP contribution in [0.2, 0.25) is 0 Å². The standard InChI is InChI=1S/C10H8BrFO/c11-9-5-8(3-1-2-4-13)6-10(12)7-9/h1,3-7H,2H2. The van der Waals surface area contributed by atoms with Gasteiger partial charge in [0.25, 0.3) is 0 Å². The van der Waals surface area contributed by atoms with E-state index >= 15 is 0 Å². The van der Waals surface area contributed by atoms with Crippen molar-refractivity contribution in [2.45, 2.75) is 6.42 Å². The van der Waals surface area contributed by atoms with Crippen LogP contribution in [0.5, 0.6) is 0 Å². The number of hydrogen-bond donors (Lipinski definition) is 0. The Bertz CT molecular complexity index is 313. The van der Waals surface area contributed by atoms with Gasteiger partial charge in [0, 0.05) is 10.9 Å². The summed E-state index contributed by atoms with van der Waals surface area (Å²) in [6.07, 6.45) is 4.55. The minimum atomic E-state index is -0.292. The number of allylic oxidation sites excluding steroid dienone is 1.